The first-order valence-corrected chi connectivity index (χ1v) is 9.20. The van der Waals surface area contributed by atoms with Gasteiger partial charge in [0.15, 0.2) is 0 Å². The van der Waals surface area contributed by atoms with E-state index in [0.29, 0.717) is 17.0 Å². The molecule has 3 rings (SSSR count). The van der Waals surface area contributed by atoms with Gasteiger partial charge < -0.3 is 20.1 Å². The van der Waals surface area contributed by atoms with E-state index in [1.807, 2.05) is 38.1 Å². The van der Waals surface area contributed by atoms with Crippen LogP contribution in [0.5, 0.6) is 5.75 Å². The van der Waals surface area contributed by atoms with Crippen molar-refractivity contribution >= 4 is 12.0 Å². The molecule has 1 heterocycles. The molecule has 0 saturated heterocycles. The average Bonchev–Trinajstić information content (AvgIpc) is 3.06. The molecule has 2 amide bonds. The van der Waals surface area contributed by atoms with Crippen LogP contribution in [-0.2, 0) is 9.53 Å². The van der Waals surface area contributed by atoms with Gasteiger partial charge in [-0.15, -0.1) is 0 Å². The molecule has 1 aromatic carbocycles. The molecular formula is C20H26N2O4. The van der Waals surface area contributed by atoms with Crippen LogP contribution in [0.1, 0.15) is 58.1 Å². The van der Waals surface area contributed by atoms with Gasteiger partial charge >= 0.3 is 12.0 Å². The van der Waals surface area contributed by atoms with Gasteiger partial charge in [0, 0.05) is 11.3 Å². The number of esters is 1. The average molecular weight is 358 g/mol. The summed E-state index contributed by atoms with van der Waals surface area (Å²) >= 11 is 0. The van der Waals surface area contributed by atoms with Crippen molar-refractivity contribution in [3.05, 3.63) is 41.1 Å². The fourth-order valence-electron chi connectivity index (χ4n) is 3.50. The van der Waals surface area contributed by atoms with E-state index >= 15 is 0 Å². The summed E-state index contributed by atoms with van der Waals surface area (Å²) in [6.45, 7) is 5.60. The highest BCUT2D eigenvalue weighted by Gasteiger charge is 2.35. The zero-order chi connectivity index (χ0) is 18.7. The predicted molar refractivity (Wildman–Crippen MR) is 97.7 cm³/mol. The summed E-state index contributed by atoms with van der Waals surface area (Å²) < 4.78 is 11.6. The van der Waals surface area contributed by atoms with E-state index < -0.39 is 6.04 Å². The summed E-state index contributed by atoms with van der Waals surface area (Å²) in [6.07, 6.45) is 3.90. The minimum absolute atomic E-state index is 0.0208. The summed E-state index contributed by atoms with van der Waals surface area (Å²) in [5.41, 5.74) is 1.69. The van der Waals surface area contributed by atoms with E-state index in [-0.39, 0.29) is 24.2 Å². The van der Waals surface area contributed by atoms with Gasteiger partial charge in [-0.2, -0.15) is 0 Å². The van der Waals surface area contributed by atoms with Gasteiger partial charge in [-0.1, -0.05) is 18.2 Å². The fourth-order valence-corrected chi connectivity index (χ4v) is 3.50. The lowest BCUT2D eigenvalue weighted by Crippen LogP contribution is -2.45. The Morgan fingerprint density at radius 2 is 1.88 bits per heavy atom. The van der Waals surface area contributed by atoms with E-state index in [2.05, 4.69) is 10.6 Å². The zero-order valence-electron chi connectivity index (χ0n) is 15.5. The lowest BCUT2D eigenvalue weighted by atomic mass is 9.94. The van der Waals surface area contributed by atoms with Crippen LogP contribution in [0.25, 0.3) is 0 Å². The third kappa shape index (κ3) is 4.00. The van der Waals surface area contributed by atoms with Gasteiger partial charge in [-0.25, -0.2) is 9.59 Å². The number of carbonyl (C=O) groups is 2. The Kier molecular flexibility index (Phi) is 5.49. The lowest BCUT2D eigenvalue weighted by molar-refractivity contribution is -0.144. The van der Waals surface area contributed by atoms with E-state index in [1.165, 1.54) is 0 Å². The van der Waals surface area contributed by atoms with Gasteiger partial charge in [0.25, 0.3) is 0 Å². The maximum Gasteiger partial charge on any atom is 0.338 e. The van der Waals surface area contributed by atoms with E-state index in [9.17, 15) is 9.59 Å². The van der Waals surface area contributed by atoms with Crippen molar-refractivity contribution in [3.63, 3.8) is 0 Å². The second kappa shape index (κ2) is 7.81. The number of rotatable bonds is 5. The molecule has 6 nitrogen and oxygen atoms in total. The normalized spacial score (nSPS) is 20.8. The molecular weight excluding hydrogens is 332 g/mol. The van der Waals surface area contributed by atoms with Crippen LogP contribution in [0.15, 0.2) is 35.5 Å². The number of hydrogen-bond donors (Lipinski definition) is 2. The van der Waals surface area contributed by atoms with Gasteiger partial charge in [-0.3, -0.25) is 0 Å². The minimum Gasteiger partial charge on any atom is -0.491 e. The van der Waals surface area contributed by atoms with Crippen LogP contribution < -0.4 is 15.4 Å². The molecule has 1 aliphatic heterocycles. The Balaban J connectivity index is 1.94. The highest BCUT2D eigenvalue weighted by atomic mass is 16.5. The lowest BCUT2D eigenvalue weighted by Gasteiger charge is -2.30. The van der Waals surface area contributed by atoms with Crippen LogP contribution >= 0.6 is 0 Å². The van der Waals surface area contributed by atoms with E-state index in [1.54, 1.807) is 6.92 Å². The Bertz CT molecular complexity index is 720. The molecule has 2 aliphatic rings. The highest BCUT2D eigenvalue weighted by molar-refractivity contribution is 5.95. The van der Waals surface area contributed by atoms with E-state index in [0.717, 1.165) is 31.2 Å². The second-order valence-corrected chi connectivity index (χ2v) is 7.09. The monoisotopic (exact) mass is 358 g/mol. The predicted octanol–water partition coefficient (Wildman–Crippen LogP) is 3.59. The van der Waals surface area contributed by atoms with Crippen molar-refractivity contribution in [3.8, 4) is 5.75 Å². The zero-order valence-corrected chi connectivity index (χ0v) is 15.5. The van der Waals surface area contributed by atoms with Crippen molar-refractivity contribution in [2.45, 2.75) is 64.7 Å². The molecule has 0 radical (unpaired) electrons. The Labute approximate surface area is 153 Å². The number of carbonyl (C=O) groups excluding carboxylic acids is 2. The number of para-hydroxylation sites is 1. The fraction of sp³-hybridized carbons (Fsp3) is 0.500. The third-order valence-electron chi connectivity index (χ3n) is 4.66. The van der Waals surface area contributed by atoms with Crippen molar-refractivity contribution in [2.24, 2.45) is 0 Å². The van der Waals surface area contributed by atoms with Crippen LogP contribution in [0.3, 0.4) is 0 Å². The molecule has 0 spiro atoms. The number of hydrogen-bond acceptors (Lipinski definition) is 4. The highest BCUT2D eigenvalue weighted by Crippen LogP contribution is 2.34. The van der Waals surface area contributed by atoms with Crippen LogP contribution in [0.4, 0.5) is 4.79 Å². The third-order valence-corrected chi connectivity index (χ3v) is 4.66. The van der Waals surface area contributed by atoms with Gasteiger partial charge in [0.05, 0.1) is 17.7 Å². The summed E-state index contributed by atoms with van der Waals surface area (Å²) in [4.78, 5) is 24.9. The number of nitrogens with one attached hydrogen (secondary N) is 2. The second-order valence-electron chi connectivity index (χ2n) is 7.09. The SMILES string of the molecule is CC1=C(C(=O)OC2CCCC2)[C@H](c2ccccc2OC(C)C)NC(=O)N1. The Morgan fingerprint density at radius 1 is 1.19 bits per heavy atom. The quantitative estimate of drug-likeness (QED) is 0.789. The number of amides is 2. The molecule has 26 heavy (non-hydrogen) atoms. The smallest absolute Gasteiger partial charge is 0.338 e. The molecule has 0 bridgehead atoms. The molecule has 140 valence electrons. The number of benzene rings is 1. The maximum absolute atomic E-state index is 12.9. The minimum atomic E-state index is -0.604. The molecule has 2 N–H and O–H groups in total. The van der Waals surface area contributed by atoms with Crippen LogP contribution in [0, 0.1) is 0 Å². The summed E-state index contributed by atoms with van der Waals surface area (Å²) in [5, 5.41) is 5.53. The first kappa shape index (κ1) is 18.3. The van der Waals surface area contributed by atoms with Crippen LogP contribution in [0.2, 0.25) is 0 Å². The van der Waals surface area contributed by atoms with Gasteiger partial charge in [0.2, 0.25) is 0 Å². The van der Waals surface area contributed by atoms with Gasteiger partial charge in [0.1, 0.15) is 11.9 Å². The molecule has 6 heteroatoms. The number of urea groups is 1. The number of allylic oxidation sites excluding steroid dienone is 1. The molecule has 1 aliphatic carbocycles. The van der Waals surface area contributed by atoms with Crippen molar-refractivity contribution in [2.75, 3.05) is 0 Å². The Morgan fingerprint density at radius 3 is 2.58 bits per heavy atom. The molecule has 1 fully saturated rings. The molecule has 1 aromatic rings. The first-order chi connectivity index (χ1) is 12.5. The first-order valence-electron chi connectivity index (χ1n) is 9.20. The molecule has 0 unspecified atom stereocenters. The van der Waals surface area contributed by atoms with E-state index in [4.69, 9.17) is 9.47 Å². The summed E-state index contributed by atoms with van der Waals surface area (Å²) in [7, 11) is 0. The maximum atomic E-state index is 12.9. The topological polar surface area (TPSA) is 76.7 Å². The van der Waals surface area contributed by atoms with Crippen molar-refractivity contribution < 1.29 is 19.1 Å². The molecule has 1 atom stereocenters. The molecule has 1 saturated carbocycles. The van der Waals surface area contributed by atoms with Crippen LogP contribution in [-0.4, -0.2) is 24.2 Å². The molecule has 0 aromatic heterocycles. The largest absolute Gasteiger partial charge is 0.491 e. The van der Waals surface area contributed by atoms with Crippen molar-refractivity contribution in [1.29, 1.82) is 0 Å². The Hall–Kier alpha value is -2.50. The summed E-state index contributed by atoms with van der Waals surface area (Å²) in [5.74, 6) is 0.264. The number of ether oxygens (including phenoxy) is 2. The summed E-state index contributed by atoms with van der Waals surface area (Å²) in [6, 6.07) is 6.50. The van der Waals surface area contributed by atoms with Gasteiger partial charge in [-0.05, 0) is 52.5 Å². The van der Waals surface area contributed by atoms with Crippen molar-refractivity contribution in [1.82, 2.24) is 10.6 Å². The standard InChI is InChI=1S/C20H26N2O4/c1-12(2)25-16-11-7-6-10-15(16)18-17(13(3)21-20(24)22-18)19(23)26-14-8-4-5-9-14/h6-7,10-12,14,18H,4-5,8-9H2,1-3H3,(H2,21,22,24)/t18-/m0/s1.